The van der Waals surface area contributed by atoms with Gasteiger partial charge in [-0.3, -0.25) is 14.3 Å². The minimum absolute atomic E-state index is 0. The second kappa shape index (κ2) is 6.22. The topological polar surface area (TPSA) is 189 Å². The maximum absolute atomic E-state index is 11.7. The Morgan fingerprint density at radius 3 is 2.86 bits per heavy atom. The molecule has 1 aromatic heterocycles. The smallest absolute Gasteiger partial charge is 0.330 e. The van der Waals surface area contributed by atoms with Crippen LogP contribution < -0.4 is 22.5 Å². The van der Waals surface area contributed by atoms with Crippen molar-refractivity contribution in [2.45, 2.75) is 31.7 Å². The predicted octanol–water partition coefficient (Wildman–Crippen LogP) is -1.06. The van der Waals surface area contributed by atoms with Gasteiger partial charge in [0.1, 0.15) is 12.3 Å². The van der Waals surface area contributed by atoms with E-state index in [1.54, 1.807) is 0 Å². The van der Waals surface area contributed by atoms with Crippen LogP contribution in [0.15, 0.2) is 20.9 Å². The number of hydrogen-bond acceptors (Lipinski definition) is 6. The molecule has 1 aliphatic rings. The third-order valence-electron chi connectivity index (χ3n) is 2.98. The molecule has 1 saturated heterocycles. The van der Waals surface area contributed by atoms with E-state index in [1.807, 2.05) is 0 Å². The van der Waals surface area contributed by atoms with Crippen molar-refractivity contribution in [1.29, 1.82) is 0 Å². The number of quaternary nitrogens is 1. The number of carboxylic acid groups (broad SMARTS) is 1. The van der Waals surface area contributed by atoms with Crippen molar-refractivity contribution in [2.24, 2.45) is 5.11 Å². The first-order valence-corrected chi connectivity index (χ1v) is 5.66. The summed E-state index contributed by atoms with van der Waals surface area (Å²) in [5.74, 6) is -1.53. The molecule has 1 fully saturated rings. The summed E-state index contributed by atoms with van der Waals surface area (Å²) in [6, 6.07) is -0.978. The molecule has 5 N–H and O–H groups in total. The zero-order chi connectivity index (χ0) is 14.9. The number of carbonyl (C=O) groups is 1. The van der Waals surface area contributed by atoms with Gasteiger partial charge in [-0.25, -0.2) is 4.79 Å². The van der Waals surface area contributed by atoms with Crippen LogP contribution in [0.25, 0.3) is 10.4 Å². The Morgan fingerprint density at radius 2 is 2.29 bits per heavy atom. The zero-order valence-corrected chi connectivity index (χ0v) is 11.3. The fraction of sp³-hybridized carbons (Fsp3) is 0.500. The highest BCUT2D eigenvalue weighted by atomic mass is 16.5. The first-order valence-electron chi connectivity index (χ1n) is 5.66. The monoisotopic (exact) mass is 298 g/mol. The van der Waals surface area contributed by atoms with E-state index >= 15 is 0 Å². The van der Waals surface area contributed by atoms with Crippen LogP contribution in [0.1, 0.15) is 18.2 Å². The lowest BCUT2D eigenvalue weighted by Gasteiger charge is -2.17. The number of aliphatic carboxylic acids is 1. The number of carbonyl (C=O) groups excluding carboxylic acids is 1. The van der Waals surface area contributed by atoms with E-state index in [0.717, 1.165) is 4.57 Å². The van der Waals surface area contributed by atoms with Crippen LogP contribution in [0.2, 0.25) is 0 Å². The van der Waals surface area contributed by atoms with Gasteiger partial charge >= 0.3 is 5.69 Å². The second-order valence-electron chi connectivity index (χ2n) is 4.32. The van der Waals surface area contributed by atoms with Gasteiger partial charge in [-0.1, -0.05) is 5.11 Å². The highest BCUT2D eigenvalue weighted by Crippen LogP contribution is 2.29. The van der Waals surface area contributed by atoms with Crippen LogP contribution in [-0.4, -0.2) is 27.7 Å². The molecule has 0 aromatic carbocycles. The third kappa shape index (κ3) is 3.11. The minimum atomic E-state index is -1.53. The van der Waals surface area contributed by atoms with Gasteiger partial charge in [-0.15, -0.1) is 0 Å². The lowest BCUT2D eigenvalue weighted by Crippen LogP contribution is -2.41. The summed E-state index contributed by atoms with van der Waals surface area (Å²) in [6.07, 6.45) is -1.13. The number of aromatic amines is 1. The lowest BCUT2D eigenvalue weighted by molar-refractivity contribution is -0.317. The fourth-order valence-corrected chi connectivity index (χ4v) is 2.01. The van der Waals surface area contributed by atoms with E-state index in [2.05, 4.69) is 15.0 Å². The van der Waals surface area contributed by atoms with Gasteiger partial charge in [0.25, 0.3) is 5.56 Å². The molecule has 1 aromatic rings. The Bertz CT molecular complexity index is 693. The van der Waals surface area contributed by atoms with E-state index in [4.69, 9.17) is 10.3 Å². The fourth-order valence-electron chi connectivity index (χ4n) is 2.01. The van der Waals surface area contributed by atoms with Crippen LogP contribution in [-0.2, 0) is 9.53 Å². The van der Waals surface area contributed by atoms with Crippen molar-refractivity contribution in [3.8, 4) is 0 Å². The number of nitrogens with one attached hydrogen (secondary N) is 1. The summed E-state index contributed by atoms with van der Waals surface area (Å²) in [4.78, 5) is 38.5. The van der Waals surface area contributed by atoms with Crippen molar-refractivity contribution >= 4 is 5.97 Å². The summed E-state index contributed by atoms with van der Waals surface area (Å²) in [7, 11) is 0. The van der Waals surface area contributed by atoms with Crippen LogP contribution in [0.3, 0.4) is 0 Å². The molecule has 0 bridgehead atoms. The van der Waals surface area contributed by atoms with Crippen LogP contribution in [0.5, 0.6) is 0 Å². The number of azide groups is 1. The predicted molar refractivity (Wildman–Crippen MR) is 68.5 cm³/mol. The van der Waals surface area contributed by atoms with Crippen molar-refractivity contribution in [2.75, 3.05) is 0 Å². The van der Waals surface area contributed by atoms with E-state index in [9.17, 15) is 19.5 Å². The number of aromatic nitrogens is 2. The molecule has 2 rings (SSSR count). The molecule has 11 nitrogen and oxygen atoms in total. The molecule has 21 heavy (non-hydrogen) atoms. The van der Waals surface area contributed by atoms with Gasteiger partial charge in [0, 0.05) is 23.1 Å². The second-order valence-corrected chi connectivity index (χ2v) is 4.32. The van der Waals surface area contributed by atoms with E-state index in [1.165, 1.54) is 13.1 Å². The van der Waals surface area contributed by atoms with Crippen LogP contribution in [0, 0.1) is 6.92 Å². The molecular formula is C10H14N6O5. The van der Waals surface area contributed by atoms with Gasteiger partial charge in [-0.2, -0.15) is 0 Å². The number of rotatable bonds is 3. The number of carboxylic acids is 1. The van der Waals surface area contributed by atoms with Gasteiger partial charge in [0.2, 0.25) is 0 Å². The largest absolute Gasteiger partial charge is 0.547 e. The lowest BCUT2D eigenvalue weighted by atomic mass is 10.1. The normalized spacial score (nSPS) is 24.0. The molecule has 3 unspecified atom stereocenters. The van der Waals surface area contributed by atoms with Crippen LogP contribution in [0.4, 0.5) is 0 Å². The number of ether oxygens (including phenoxy) is 1. The highest BCUT2D eigenvalue weighted by molar-refractivity contribution is 5.71. The van der Waals surface area contributed by atoms with Crippen molar-refractivity contribution in [3.63, 3.8) is 0 Å². The molecule has 0 radical (unpaired) electrons. The first-order chi connectivity index (χ1) is 9.43. The number of aryl methyl sites for hydroxylation is 1. The van der Waals surface area contributed by atoms with Gasteiger partial charge < -0.3 is 20.8 Å². The first kappa shape index (κ1) is 16.4. The minimum Gasteiger partial charge on any atom is -0.547 e. The van der Waals surface area contributed by atoms with Gasteiger partial charge in [-0.05, 0) is 12.5 Å². The number of nitrogens with zero attached hydrogens (tertiary/aromatic N) is 4. The molecule has 11 heteroatoms. The molecular weight excluding hydrogens is 284 g/mol. The maximum Gasteiger partial charge on any atom is 0.330 e. The highest BCUT2D eigenvalue weighted by Gasteiger charge is 2.37. The summed E-state index contributed by atoms with van der Waals surface area (Å²) < 4.78 is 6.22. The number of hydrogen-bond donors (Lipinski definition) is 2. The summed E-state index contributed by atoms with van der Waals surface area (Å²) in [5.41, 5.74) is 7.39. The maximum atomic E-state index is 11.7. The van der Waals surface area contributed by atoms with Crippen LogP contribution >= 0.6 is 0 Å². The molecule has 0 aliphatic carbocycles. The zero-order valence-electron chi connectivity index (χ0n) is 11.3. The Balaban J connectivity index is 0.00000220. The SMILES string of the molecule is Cc1cn(C2CC(N=[N+]=[N-])C(C(=O)[O-])O2)c(=O)[nH]c1=O.[NH4+]. The van der Waals surface area contributed by atoms with Crippen molar-refractivity contribution < 1.29 is 14.6 Å². The molecule has 3 atom stereocenters. The van der Waals surface area contributed by atoms with E-state index in [-0.39, 0.29) is 18.1 Å². The molecule has 0 amide bonds. The van der Waals surface area contributed by atoms with E-state index < -0.39 is 35.6 Å². The quantitative estimate of drug-likeness (QED) is 0.407. The Labute approximate surface area is 117 Å². The average molecular weight is 298 g/mol. The molecule has 0 spiro atoms. The third-order valence-corrected chi connectivity index (χ3v) is 2.98. The Kier molecular flexibility index (Phi) is 4.87. The summed E-state index contributed by atoms with van der Waals surface area (Å²) >= 11 is 0. The van der Waals surface area contributed by atoms with E-state index in [0.29, 0.717) is 0 Å². The molecule has 1 aliphatic heterocycles. The van der Waals surface area contributed by atoms with Gasteiger partial charge in [0.15, 0.2) is 0 Å². The summed E-state index contributed by atoms with van der Waals surface area (Å²) in [6.45, 7) is 1.49. The number of H-pyrrole nitrogens is 1. The summed E-state index contributed by atoms with van der Waals surface area (Å²) in [5, 5.41) is 14.2. The molecule has 0 saturated carbocycles. The van der Waals surface area contributed by atoms with Crippen molar-refractivity contribution in [1.82, 2.24) is 15.7 Å². The standard InChI is InChI=1S/C10H11N5O5.H3N/c1-4-3-15(10(19)12-8(4)16)6-2-5(13-14-11)7(20-6)9(17)18;/h3,5-7H,2H2,1H3,(H,17,18)(H,12,16,19);1H3. The molecule has 2 heterocycles. The Hall–Kier alpha value is -2.62. The van der Waals surface area contributed by atoms with Crippen molar-refractivity contribution in [3.05, 3.63) is 43.0 Å². The Morgan fingerprint density at radius 1 is 1.62 bits per heavy atom. The average Bonchev–Trinajstić information content (AvgIpc) is 2.78. The van der Waals surface area contributed by atoms with Gasteiger partial charge in [0.05, 0.1) is 12.0 Å². The molecule has 114 valence electrons.